The molecule has 6 heteroatoms. The van der Waals surface area contributed by atoms with Gasteiger partial charge in [0.2, 0.25) is 11.8 Å². The Morgan fingerprint density at radius 3 is 2.71 bits per heavy atom. The molecule has 1 aromatic rings. The Morgan fingerprint density at radius 2 is 2.04 bits per heavy atom. The Labute approximate surface area is 148 Å². The molecule has 1 N–H and O–H groups in total. The maximum Gasteiger partial charge on any atom is 0.246 e. The minimum absolute atomic E-state index is 0.0410. The molecule has 0 spiro atoms. The lowest BCUT2D eigenvalue weighted by molar-refractivity contribution is -0.137. The third-order valence-corrected chi connectivity index (χ3v) is 4.24. The van der Waals surface area contributed by atoms with Crippen molar-refractivity contribution >= 4 is 35.4 Å². The van der Waals surface area contributed by atoms with Crippen LogP contribution in [0.15, 0.2) is 35.3 Å². The molecule has 1 fully saturated rings. The van der Waals surface area contributed by atoms with Crippen molar-refractivity contribution in [1.29, 1.82) is 0 Å². The van der Waals surface area contributed by atoms with Crippen molar-refractivity contribution in [2.24, 2.45) is 10.9 Å². The molecule has 24 heavy (non-hydrogen) atoms. The van der Waals surface area contributed by atoms with Gasteiger partial charge in [-0.3, -0.25) is 19.5 Å². The molecular formula is C18H23N3O2S. The van der Waals surface area contributed by atoms with Gasteiger partial charge in [0.05, 0.1) is 0 Å². The van der Waals surface area contributed by atoms with E-state index in [1.165, 1.54) is 16.7 Å². The molecule has 2 amide bonds. The zero-order chi connectivity index (χ0) is 17.5. The second-order valence-electron chi connectivity index (χ2n) is 5.93. The molecule has 0 bridgehead atoms. The van der Waals surface area contributed by atoms with Crippen molar-refractivity contribution in [3.8, 4) is 0 Å². The fourth-order valence-corrected chi connectivity index (χ4v) is 2.81. The third-order valence-electron chi connectivity index (χ3n) is 3.92. The van der Waals surface area contributed by atoms with Crippen molar-refractivity contribution in [1.82, 2.24) is 10.2 Å². The van der Waals surface area contributed by atoms with Crippen LogP contribution in [0.25, 0.3) is 0 Å². The Kier molecular flexibility index (Phi) is 6.61. The van der Waals surface area contributed by atoms with Crippen LogP contribution in [0.1, 0.15) is 32.3 Å². The summed E-state index contributed by atoms with van der Waals surface area (Å²) in [6, 6.07) is 10.2. The molecule has 1 heterocycles. The standard InChI is InChI=1S/C18H23N3O2S/c1-3-11-21-17(23)15(16(22)20-18(21)24)12-19-13(2)9-10-14-7-5-4-6-8-14/h4-8,12-13,15H,3,9-11H2,1-2H3,(H,20,22,24)/t13-,15+/m1/s1. The van der Waals surface area contributed by atoms with E-state index in [-0.39, 0.29) is 17.1 Å². The van der Waals surface area contributed by atoms with Gasteiger partial charge in [-0.1, -0.05) is 37.3 Å². The largest absolute Gasteiger partial charge is 0.302 e. The van der Waals surface area contributed by atoms with E-state index in [0.29, 0.717) is 6.54 Å². The lowest BCUT2D eigenvalue weighted by atomic mass is 10.0. The maximum absolute atomic E-state index is 12.4. The Bertz CT molecular complexity index is 630. The number of carbonyl (C=O) groups is 2. The van der Waals surface area contributed by atoms with E-state index in [9.17, 15) is 9.59 Å². The van der Waals surface area contributed by atoms with Crippen LogP contribution in [0, 0.1) is 5.92 Å². The average Bonchev–Trinajstić information content (AvgIpc) is 2.57. The van der Waals surface area contributed by atoms with E-state index in [1.54, 1.807) is 0 Å². The first-order valence-corrected chi connectivity index (χ1v) is 8.67. The second-order valence-corrected chi connectivity index (χ2v) is 6.32. The van der Waals surface area contributed by atoms with Crippen LogP contribution in [0.5, 0.6) is 0 Å². The summed E-state index contributed by atoms with van der Waals surface area (Å²) >= 11 is 5.06. The number of aliphatic imine (C=N–C) groups is 1. The van der Waals surface area contributed by atoms with Gasteiger partial charge in [-0.25, -0.2) is 0 Å². The van der Waals surface area contributed by atoms with E-state index in [2.05, 4.69) is 22.4 Å². The van der Waals surface area contributed by atoms with E-state index in [0.717, 1.165) is 19.3 Å². The summed E-state index contributed by atoms with van der Waals surface area (Å²) in [6.07, 6.45) is 4.02. The molecule has 2 atom stereocenters. The van der Waals surface area contributed by atoms with Crippen LogP contribution in [-0.2, 0) is 16.0 Å². The summed E-state index contributed by atoms with van der Waals surface area (Å²) < 4.78 is 0. The third kappa shape index (κ3) is 4.71. The van der Waals surface area contributed by atoms with Crippen molar-refractivity contribution in [2.45, 2.75) is 39.2 Å². The van der Waals surface area contributed by atoms with E-state index < -0.39 is 11.8 Å². The highest BCUT2D eigenvalue weighted by molar-refractivity contribution is 7.80. The summed E-state index contributed by atoms with van der Waals surface area (Å²) in [4.78, 5) is 30.3. The summed E-state index contributed by atoms with van der Waals surface area (Å²) in [5, 5.41) is 2.77. The number of aryl methyl sites for hydroxylation is 1. The normalized spacial score (nSPS) is 19.7. The molecule has 2 rings (SSSR count). The number of nitrogens with one attached hydrogen (secondary N) is 1. The summed E-state index contributed by atoms with van der Waals surface area (Å²) in [6.45, 7) is 4.45. The van der Waals surface area contributed by atoms with Crippen molar-refractivity contribution in [2.75, 3.05) is 6.54 Å². The highest BCUT2D eigenvalue weighted by Crippen LogP contribution is 2.12. The Morgan fingerprint density at radius 1 is 1.33 bits per heavy atom. The summed E-state index contributed by atoms with van der Waals surface area (Å²) in [5.74, 6) is -1.57. The molecule has 0 radical (unpaired) electrons. The predicted octanol–water partition coefficient (Wildman–Crippen LogP) is 2.35. The van der Waals surface area contributed by atoms with E-state index in [1.807, 2.05) is 32.0 Å². The van der Waals surface area contributed by atoms with Gasteiger partial charge in [0.15, 0.2) is 11.0 Å². The zero-order valence-corrected chi connectivity index (χ0v) is 14.9. The summed E-state index contributed by atoms with van der Waals surface area (Å²) in [5.41, 5.74) is 1.26. The van der Waals surface area contributed by atoms with Crippen molar-refractivity contribution in [3.63, 3.8) is 0 Å². The number of thiocarbonyl (C=S) groups is 1. The smallest absolute Gasteiger partial charge is 0.246 e. The van der Waals surface area contributed by atoms with Crippen LogP contribution in [0.2, 0.25) is 0 Å². The summed E-state index contributed by atoms with van der Waals surface area (Å²) in [7, 11) is 0. The van der Waals surface area contributed by atoms with Gasteiger partial charge in [-0.05, 0) is 44.0 Å². The molecule has 1 aliphatic heterocycles. The van der Waals surface area contributed by atoms with E-state index >= 15 is 0 Å². The quantitative estimate of drug-likeness (QED) is 0.469. The molecule has 1 aliphatic rings. The Balaban J connectivity index is 1.94. The number of nitrogens with zero attached hydrogens (tertiary/aromatic N) is 2. The Hall–Kier alpha value is -2.08. The van der Waals surface area contributed by atoms with Gasteiger partial charge in [0.25, 0.3) is 0 Å². The lowest BCUT2D eigenvalue weighted by Gasteiger charge is -2.30. The molecular weight excluding hydrogens is 322 g/mol. The van der Waals surface area contributed by atoms with Crippen molar-refractivity contribution in [3.05, 3.63) is 35.9 Å². The zero-order valence-electron chi connectivity index (χ0n) is 14.1. The SMILES string of the molecule is CCCN1C(=O)[C@@H](C=N[C@H](C)CCc2ccccc2)C(=O)NC1=S. The second kappa shape index (κ2) is 8.68. The molecule has 0 saturated carbocycles. The average molecular weight is 345 g/mol. The highest BCUT2D eigenvalue weighted by Gasteiger charge is 2.36. The minimum Gasteiger partial charge on any atom is -0.302 e. The maximum atomic E-state index is 12.4. The molecule has 1 saturated heterocycles. The number of hydrogen-bond donors (Lipinski definition) is 1. The van der Waals surface area contributed by atoms with Crippen LogP contribution < -0.4 is 5.32 Å². The minimum atomic E-state index is -0.887. The number of rotatable bonds is 7. The number of amides is 2. The highest BCUT2D eigenvalue weighted by atomic mass is 32.1. The molecule has 0 aliphatic carbocycles. The predicted molar refractivity (Wildman–Crippen MR) is 99.0 cm³/mol. The van der Waals surface area contributed by atoms with Crippen LogP contribution in [-0.4, -0.2) is 40.6 Å². The van der Waals surface area contributed by atoms with Gasteiger partial charge < -0.3 is 5.32 Å². The van der Waals surface area contributed by atoms with Crippen LogP contribution >= 0.6 is 12.2 Å². The van der Waals surface area contributed by atoms with Gasteiger partial charge in [-0.2, -0.15) is 0 Å². The topological polar surface area (TPSA) is 61.8 Å². The van der Waals surface area contributed by atoms with Gasteiger partial charge in [-0.15, -0.1) is 0 Å². The van der Waals surface area contributed by atoms with Gasteiger partial charge in [0, 0.05) is 18.8 Å². The first-order chi connectivity index (χ1) is 11.5. The monoisotopic (exact) mass is 345 g/mol. The number of carbonyl (C=O) groups excluding carboxylic acids is 2. The lowest BCUT2D eigenvalue weighted by Crippen LogP contribution is -2.58. The van der Waals surface area contributed by atoms with E-state index in [4.69, 9.17) is 12.2 Å². The molecule has 5 nitrogen and oxygen atoms in total. The van der Waals surface area contributed by atoms with Crippen molar-refractivity contribution < 1.29 is 9.59 Å². The molecule has 1 aromatic carbocycles. The van der Waals surface area contributed by atoms with Gasteiger partial charge >= 0.3 is 0 Å². The molecule has 0 aromatic heterocycles. The first kappa shape index (κ1) is 18.3. The van der Waals surface area contributed by atoms with Crippen LogP contribution in [0.3, 0.4) is 0 Å². The molecule has 128 valence electrons. The number of hydrogen-bond acceptors (Lipinski definition) is 4. The fraction of sp³-hybridized carbons (Fsp3) is 0.444. The number of benzene rings is 1. The molecule has 0 unspecified atom stereocenters. The van der Waals surface area contributed by atoms with Crippen LogP contribution in [0.4, 0.5) is 0 Å². The van der Waals surface area contributed by atoms with Gasteiger partial charge in [0.1, 0.15) is 0 Å². The fourth-order valence-electron chi connectivity index (χ4n) is 2.53. The first-order valence-electron chi connectivity index (χ1n) is 8.26.